The first kappa shape index (κ1) is 15.5. The van der Waals surface area contributed by atoms with Gasteiger partial charge in [0, 0.05) is 12.1 Å². The zero-order valence-electron chi connectivity index (χ0n) is 14.0. The van der Waals surface area contributed by atoms with Crippen LogP contribution < -0.4 is 0 Å². The largest absolute Gasteiger partial charge is 0.468 e. The van der Waals surface area contributed by atoms with Crippen LogP contribution in [-0.2, 0) is 9.53 Å². The van der Waals surface area contributed by atoms with Crippen LogP contribution in [0.4, 0.5) is 0 Å². The van der Waals surface area contributed by atoms with E-state index < -0.39 is 0 Å². The molecule has 1 saturated carbocycles. The molecule has 0 spiro atoms. The third kappa shape index (κ3) is 2.45. The molecule has 2 aliphatic rings. The molecule has 0 N–H and O–H groups in total. The minimum Gasteiger partial charge on any atom is -0.468 e. The lowest BCUT2D eigenvalue weighted by Gasteiger charge is -2.46. The third-order valence-corrected chi connectivity index (χ3v) is 5.85. The van der Waals surface area contributed by atoms with E-state index in [2.05, 4.69) is 49.9 Å². The summed E-state index contributed by atoms with van der Waals surface area (Å²) >= 11 is 0. The highest BCUT2D eigenvalue weighted by Crippen LogP contribution is 2.56. The maximum Gasteiger partial charge on any atom is 0.323 e. The van der Waals surface area contributed by atoms with Gasteiger partial charge in [0.15, 0.2) is 0 Å². The molecule has 1 aliphatic heterocycles. The molecule has 0 amide bonds. The number of carbonyl (C=O) groups excluding carboxylic acids is 1. The lowest BCUT2D eigenvalue weighted by Crippen LogP contribution is -2.56. The van der Waals surface area contributed by atoms with E-state index in [1.165, 1.54) is 19.1 Å². The van der Waals surface area contributed by atoms with E-state index in [1.54, 1.807) is 0 Å². The molecular weight excluding hydrogens is 274 g/mol. The predicted octanol–water partition coefficient (Wildman–Crippen LogP) is 3.66. The normalized spacial score (nSPS) is 35.5. The van der Waals surface area contributed by atoms with Gasteiger partial charge in [-0.2, -0.15) is 0 Å². The Kier molecular flexibility index (Phi) is 4.26. The smallest absolute Gasteiger partial charge is 0.323 e. The van der Waals surface area contributed by atoms with Crippen LogP contribution in [0, 0.1) is 17.8 Å². The summed E-state index contributed by atoms with van der Waals surface area (Å²) in [7, 11) is 1.51. The van der Waals surface area contributed by atoms with E-state index in [1.807, 2.05) is 6.07 Å². The zero-order valence-corrected chi connectivity index (χ0v) is 14.0. The number of esters is 1. The van der Waals surface area contributed by atoms with Gasteiger partial charge in [0.1, 0.15) is 6.04 Å². The van der Waals surface area contributed by atoms with Crippen molar-refractivity contribution in [3.8, 4) is 0 Å². The van der Waals surface area contributed by atoms with Crippen molar-refractivity contribution >= 4 is 5.97 Å². The fourth-order valence-corrected chi connectivity index (χ4v) is 4.62. The van der Waals surface area contributed by atoms with Crippen molar-refractivity contribution in [1.29, 1.82) is 0 Å². The molecule has 22 heavy (non-hydrogen) atoms. The molecule has 3 rings (SSSR count). The monoisotopic (exact) mass is 301 g/mol. The van der Waals surface area contributed by atoms with Crippen molar-refractivity contribution in [2.75, 3.05) is 7.11 Å². The van der Waals surface area contributed by atoms with Crippen LogP contribution in [0.1, 0.15) is 45.2 Å². The van der Waals surface area contributed by atoms with Crippen LogP contribution in [-0.4, -0.2) is 30.1 Å². The van der Waals surface area contributed by atoms with Gasteiger partial charge in [0.25, 0.3) is 0 Å². The van der Waals surface area contributed by atoms with Crippen LogP contribution in [0.3, 0.4) is 0 Å². The van der Waals surface area contributed by atoms with E-state index in [-0.39, 0.29) is 18.1 Å². The molecule has 1 aliphatic carbocycles. The Labute approximate surface area is 133 Å². The Morgan fingerprint density at radius 2 is 2.00 bits per heavy atom. The third-order valence-electron chi connectivity index (χ3n) is 5.85. The second-order valence-corrected chi connectivity index (χ2v) is 6.90. The Hall–Kier alpha value is -1.35. The van der Waals surface area contributed by atoms with Gasteiger partial charge >= 0.3 is 5.97 Å². The molecule has 6 atom stereocenters. The standard InChI is InChI=1S/C19H27NO2/c1-5-17-16-11-15(16)12(2)18(19(21)22-4)20(17)13(3)14-9-7-6-8-10-14/h6-10,12-13,15-18H,5,11H2,1-4H3/t12?,13-,15-,16-,17?,18+/m0/s1. The van der Waals surface area contributed by atoms with E-state index in [0.717, 1.165) is 12.3 Å². The van der Waals surface area contributed by atoms with Crippen LogP contribution in [0.2, 0.25) is 0 Å². The first-order valence-corrected chi connectivity index (χ1v) is 8.50. The summed E-state index contributed by atoms with van der Waals surface area (Å²) in [4.78, 5) is 14.9. The lowest BCUT2D eigenvalue weighted by atomic mass is 9.83. The van der Waals surface area contributed by atoms with Crippen molar-refractivity contribution < 1.29 is 9.53 Å². The number of carbonyl (C=O) groups is 1. The number of benzene rings is 1. The van der Waals surface area contributed by atoms with Gasteiger partial charge < -0.3 is 4.74 Å². The second-order valence-electron chi connectivity index (χ2n) is 6.90. The summed E-state index contributed by atoms with van der Waals surface area (Å²) in [6.45, 7) is 6.70. The molecule has 2 fully saturated rings. The fraction of sp³-hybridized carbons (Fsp3) is 0.632. The summed E-state index contributed by atoms with van der Waals surface area (Å²) in [5.74, 6) is 1.77. The molecule has 3 heteroatoms. The number of nitrogens with zero attached hydrogens (tertiary/aromatic N) is 1. The molecule has 1 saturated heterocycles. The van der Waals surface area contributed by atoms with Gasteiger partial charge in [-0.3, -0.25) is 9.69 Å². The van der Waals surface area contributed by atoms with Gasteiger partial charge in [0.05, 0.1) is 7.11 Å². The molecule has 3 nitrogen and oxygen atoms in total. The van der Waals surface area contributed by atoms with E-state index in [0.29, 0.717) is 17.9 Å². The van der Waals surface area contributed by atoms with E-state index >= 15 is 0 Å². The van der Waals surface area contributed by atoms with Gasteiger partial charge in [-0.1, -0.05) is 44.2 Å². The number of methoxy groups -OCH3 is 1. The molecule has 0 bridgehead atoms. The Bertz CT molecular complexity index is 529. The number of likely N-dealkylation sites (tertiary alicyclic amines) is 1. The molecule has 120 valence electrons. The highest BCUT2D eigenvalue weighted by atomic mass is 16.5. The Morgan fingerprint density at radius 3 is 2.59 bits per heavy atom. The highest BCUT2D eigenvalue weighted by Gasteiger charge is 2.58. The van der Waals surface area contributed by atoms with E-state index in [4.69, 9.17) is 4.74 Å². The number of hydrogen-bond acceptors (Lipinski definition) is 3. The number of fused-ring (bicyclic) bond motifs is 1. The molecule has 1 heterocycles. The van der Waals surface area contributed by atoms with Crippen LogP contribution >= 0.6 is 0 Å². The molecule has 0 aromatic heterocycles. The van der Waals surface area contributed by atoms with Gasteiger partial charge in [-0.25, -0.2) is 0 Å². The summed E-state index contributed by atoms with van der Waals surface area (Å²) in [5, 5.41) is 0. The molecular formula is C19H27NO2. The lowest BCUT2D eigenvalue weighted by molar-refractivity contribution is -0.155. The number of hydrogen-bond donors (Lipinski definition) is 0. The summed E-state index contributed by atoms with van der Waals surface area (Å²) < 4.78 is 5.16. The average Bonchev–Trinajstić information content (AvgIpc) is 3.35. The minimum absolute atomic E-state index is 0.0703. The average molecular weight is 301 g/mol. The van der Waals surface area contributed by atoms with Crippen molar-refractivity contribution in [2.45, 2.75) is 51.7 Å². The topological polar surface area (TPSA) is 29.5 Å². The number of piperidine rings is 1. The summed E-state index contributed by atoms with van der Waals surface area (Å²) in [6.07, 6.45) is 2.36. The zero-order chi connectivity index (χ0) is 15.9. The highest BCUT2D eigenvalue weighted by molar-refractivity contribution is 5.76. The Morgan fingerprint density at radius 1 is 1.32 bits per heavy atom. The van der Waals surface area contributed by atoms with Crippen molar-refractivity contribution in [3.05, 3.63) is 35.9 Å². The summed E-state index contributed by atoms with van der Waals surface area (Å²) in [6, 6.07) is 11.1. The molecule has 1 aromatic carbocycles. The first-order chi connectivity index (χ1) is 10.6. The fourth-order valence-electron chi connectivity index (χ4n) is 4.62. The number of ether oxygens (including phenoxy) is 1. The Balaban J connectivity index is 1.96. The van der Waals surface area contributed by atoms with Gasteiger partial charge in [0.2, 0.25) is 0 Å². The van der Waals surface area contributed by atoms with Crippen molar-refractivity contribution in [2.24, 2.45) is 17.8 Å². The van der Waals surface area contributed by atoms with Crippen molar-refractivity contribution in [1.82, 2.24) is 4.90 Å². The molecule has 2 unspecified atom stereocenters. The minimum atomic E-state index is -0.117. The van der Waals surface area contributed by atoms with Crippen LogP contribution in [0.5, 0.6) is 0 Å². The maximum absolute atomic E-state index is 12.5. The van der Waals surface area contributed by atoms with Gasteiger partial charge in [-0.15, -0.1) is 0 Å². The van der Waals surface area contributed by atoms with Gasteiger partial charge in [-0.05, 0) is 43.1 Å². The number of rotatable bonds is 4. The van der Waals surface area contributed by atoms with E-state index in [9.17, 15) is 4.79 Å². The second kappa shape index (κ2) is 6.04. The SMILES string of the molecule is CCC1[C@H]2C[C@H]2C(C)[C@H](C(=O)OC)N1[C@@H](C)c1ccccc1. The molecule has 0 radical (unpaired) electrons. The quantitative estimate of drug-likeness (QED) is 0.795. The van der Waals surface area contributed by atoms with Crippen LogP contribution in [0.15, 0.2) is 30.3 Å². The maximum atomic E-state index is 12.5. The van der Waals surface area contributed by atoms with Crippen LogP contribution in [0.25, 0.3) is 0 Å². The predicted molar refractivity (Wildman–Crippen MR) is 87.3 cm³/mol. The summed E-state index contributed by atoms with van der Waals surface area (Å²) in [5.41, 5.74) is 1.28. The molecule has 1 aromatic rings. The first-order valence-electron chi connectivity index (χ1n) is 8.50. The van der Waals surface area contributed by atoms with Crippen molar-refractivity contribution in [3.63, 3.8) is 0 Å².